The average Bonchev–Trinajstić information content (AvgIpc) is 2.86. The lowest BCUT2D eigenvalue weighted by Gasteiger charge is -2.35. The molecule has 1 aromatic carbocycles. The van der Waals surface area contributed by atoms with Gasteiger partial charge in [0.05, 0.1) is 6.54 Å². The number of thioether (sulfide) groups is 1. The molecule has 0 bridgehead atoms. The number of halogens is 1. The minimum absolute atomic E-state index is 0.447. The molecular weight excluding hydrogens is 290 g/mol. The SMILES string of the molecule is Cn1ccnc1CN1CCSC[C@@H]1c1ccc(Cl)cc1. The summed E-state index contributed by atoms with van der Waals surface area (Å²) in [5.41, 5.74) is 1.34. The van der Waals surface area contributed by atoms with E-state index in [4.69, 9.17) is 11.6 Å². The van der Waals surface area contributed by atoms with Gasteiger partial charge in [0.2, 0.25) is 0 Å². The summed E-state index contributed by atoms with van der Waals surface area (Å²) in [5, 5.41) is 0.799. The van der Waals surface area contributed by atoms with Crippen molar-refractivity contribution in [3.63, 3.8) is 0 Å². The number of aryl methyl sites for hydroxylation is 1. The van der Waals surface area contributed by atoms with E-state index in [9.17, 15) is 0 Å². The fourth-order valence-electron chi connectivity index (χ4n) is 2.55. The van der Waals surface area contributed by atoms with Gasteiger partial charge in [-0.2, -0.15) is 11.8 Å². The molecule has 1 aliphatic rings. The molecule has 5 heteroatoms. The standard InChI is InChI=1S/C15H18ClN3S/c1-18-7-6-17-15(18)10-19-8-9-20-11-14(19)12-2-4-13(16)5-3-12/h2-7,14H,8-11H2,1H3/t14-/m1/s1. The first-order valence-electron chi connectivity index (χ1n) is 6.77. The van der Waals surface area contributed by atoms with Crippen LogP contribution >= 0.6 is 23.4 Å². The van der Waals surface area contributed by atoms with Crippen LogP contribution in [0.4, 0.5) is 0 Å². The Kier molecular flexibility index (Phi) is 4.34. The molecule has 2 heterocycles. The van der Waals surface area contributed by atoms with Gasteiger partial charge in [-0.3, -0.25) is 4.90 Å². The lowest BCUT2D eigenvalue weighted by atomic mass is 10.1. The van der Waals surface area contributed by atoms with E-state index in [1.807, 2.05) is 36.3 Å². The third kappa shape index (κ3) is 3.03. The lowest BCUT2D eigenvalue weighted by Crippen LogP contribution is -2.36. The summed E-state index contributed by atoms with van der Waals surface area (Å²) in [6, 6.07) is 8.70. The Bertz CT molecular complexity index is 567. The molecule has 0 unspecified atom stereocenters. The fourth-order valence-corrected chi connectivity index (χ4v) is 3.83. The molecule has 1 saturated heterocycles. The van der Waals surface area contributed by atoms with E-state index in [2.05, 4.69) is 33.6 Å². The third-order valence-corrected chi connectivity index (χ3v) is 5.03. The van der Waals surface area contributed by atoms with Crippen molar-refractivity contribution in [2.45, 2.75) is 12.6 Å². The Morgan fingerprint density at radius 2 is 2.15 bits per heavy atom. The summed E-state index contributed by atoms with van der Waals surface area (Å²) in [4.78, 5) is 6.96. The molecule has 1 aromatic heterocycles. The van der Waals surface area contributed by atoms with Crippen LogP contribution in [0.1, 0.15) is 17.4 Å². The Morgan fingerprint density at radius 1 is 1.35 bits per heavy atom. The predicted octanol–water partition coefficient (Wildman–Crippen LogP) is 3.36. The quantitative estimate of drug-likeness (QED) is 0.867. The van der Waals surface area contributed by atoms with E-state index in [0.29, 0.717) is 6.04 Å². The average molecular weight is 308 g/mol. The minimum Gasteiger partial charge on any atom is -0.337 e. The van der Waals surface area contributed by atoms with Crippen LogP contribution in [0.15, 0.2) is 36.7 Å². The molecule has 1 fully saturated rings. The lowest BCUT2D eigenvalue weighted by molar-refractivity contribution is 0.205. The van der Waals surface area contributed by atoms with E-state index < -0.39 is 0 Å². The molecule has 20 heavy (non-hydrogen) atoms. The molecule has 2 aromatic rings. The molecule has 0 aliphatic carbocycles. The van der Waals surface area contributed by atoms with Crippen LogP contribution in [0.5, 0.6) is 0 Å². The van der Waals surface area contributed by atoms with Crippen LogP contribution in [0.2, 0.25) is 5.02 Å². The van der Waals surface area contributed by atoms with Crippen molar-refractivity contribution < 1.29 is 0 Å². The highest BCUT2D eigenvalue weighted by Gasteiger charge is 2.25. The molecule has 1 atom stereocenters. The van der Waals surface area contributed by atoms with E-state index in [1.54, 1.807) is 0 Å². The molecule has 106 valence electrons. The van der Waals surface area contributed by atoms with Gasteiger partial charge < -0.3 is 4.57 Å². The van der Waals surface area contributed by atoms with Gasteiger partial charge >= 0.3 is 0 Å². The largest absolute Gasteiger partial charge is 0.337 e. The summed E-state index contributed by atoms with van der Waals surface area (Å²) in [5.74, 6) is 3.44. The fraction of sp³-hybridized carbons (Fsp3) is 0.400. The minimum atomic E-state index is 0.447. The second kappa shape index (κ2) is 6.20. The van der Waals surface area contributed by atoms with E-state index in [0.717, 1.165) is 29.7 Å². The molecular formula is C15H18ClN3S. The normalized spacial score (nSPS) is 20.2. The van der Waals surface area contributed by atoms with Crippen molar-refractivity contribution in [1.82, 2.24) is 14.5 Å². The van der Waals surface area contributed by atoms with Crippen LogP contribution in [-0.2, 0) is 13.6 Å². The van der Waals surface area contributed by atoms with Crippen molar-refractivity contribution in [3.8, 4) is 0 Å². The van der Waals surface area contributed by atoms with Gasteiger partial charge in [0, 0.05) is 48.6 Å². The van der Waals surface area contributed by atoms with Crippen LogP contribution in [0, 0.1) is 0 Å². The van der Waals surface area contributed by atoms with Crippen LogP contribution in [0.3, 0.4) is 0 Å². The highest BCUT2D eigenvalue weighted by molar-refractivity contribution is 7.99. The summed E-state index contributed by atoms with van der Waals surface area (Å²) < 4.78 is 2.10. The van der Waals surface area contributed by atoms with Crippen molar-refractivity contribution >= 4 is 23.4 Å². The van der Waals surface area contributed by atoms with Gasteiger partial charge in [-0.25, -0.2) is 4.98 Å². The first-order chi connectivity index (χ1) is 9.74. The Balaban J connectivity index is 1.80. The summed E-state index contributed by atoms with van der Waals surface area (Å²) in [7, 11) is 2.05. The number of hydrogen-bond donors (Lipinski definition) is 0. The van der Waals surface area contributed by atoms with Crippen molar-refractivity contribution in [2.24, 2.45) is 7.05 Å². The van der Waals surface area contributed by atoms with Gasteiger partial charge in [0.25, 0.3) is 0 Å². The Labute approximate surface area is 128 Å². The zero-order valence-electron chi connectivity index (χ0n) is 11.5. The zero-order valence-corrected chi connectivity index (χ0v) is 13.1. The highest BCUT2D eigenvalue weighted by atomic mass is 35.5. The topological polar surface area (TPSA) is 21.1 Å². The maximum atomic E-state index is 5.99. The summed E-state index contributed by atoms with van der Waals surface area (Å²) in [6.07, 6.45) is 3.87. The third-order valence-electron chi connectivity index (χ3n) is 3.76. The van der Waals surface area contributed by atoms with E-state index in [-0.39, 0.29) is 0 Å². The monoisotopic (exact) mass is 307 g/mol. The van der Waals surface area contributed by atoms with Crippen LogP contribution in [-0.4, -0.2) is 32.5 Å². The number of aromatic nitrogens is 2. The second-order valence-corrected chi connectivity index (χ2v) is 6.65. The van der Waals surface area contributed by atoms with Gasteiger partial charge in [0.15, 0.2) is 0 Å². The molecule has 0 N–H and O–H groups in total. The first kappa shape index (κ1) is 14.0. The van der Waals surface area contributed by atoms with Gasteiger partial charge in [-0.1, -0.05) is 23.7 Å². The van der Waals surface area contributed by atoms with Crippen molar-refractivity contribution in [2.75, 3.05) is 18.1 Å². The molecule has 0 amide bonds. The smallest absolute Gasteiger partial charge is 0.122 e. The van der Waals surface area contributed by atoms with Crippen molar-refractivity contribution in [3.05, 3.63) is 53.1 Å². The molecule has 0 saturated carbocycles. The van der Waals surface area contributed by atoms with Gasteiger partial charge in [-0.05, 0) is 17.7 Å². The van der Waals surface area contributed by atoms with E-state index >= 15 is 0 Å². The number of rotatable bonds is 3. The molecule has 3 rings (SSSR count). The second-order valence-electron chi connectivity index (χ2n) is 5.07. The maximum Gasteiger partial charge on any atom is 0.122 e. The molecule has 1 aliphatic heterocycles. The zero-order chi connectivity index (χ0) is 13.9. The molecule has 0 radical (unpaired) electrons. The van der Waals surface area contributed by atoms with E-state index in [1.165, 1.54) is 11.3 Å². The summed E-state index contributed by atoms with van der Waals surface area (Å²) in [6.45, 7) is 2.00. The summed E-state index contributed by atoms with van der Waals surface area (Å²) >= 11 is 8.01. The van der Waals surface area contributed by atoms with Crippen LogP contribution < -0.4 is 0 Å². The molecule has 0 spiro atoms. The van der Waals surface area contributed by atoms with Crippen molar-refractivity contribution in [1.29, 1.82) is 0 Å². The number of hydrogen-bond acceptors (Lipinski definition) is 3. The number of benzene rings is 1. The number of imidazole rings is 1. The molecule has 3 nitrogen and oxygen atoms in total. The number of nitrogens with zero attached hydrogens (tertiary/aromatic N) is 3. The van der Waals surface area contributed by atoms with Gasteiger partial charge in [-0.15, -0.1) is 0 Å². The highest BCUT2D eigenvalue weighted by Crippen LogP contribution is 2.31. The Morgan fingerprint density at radius 3 is 2.85 bits per heavy atom. The first-order valence-corrected chi connectivity index (χ1v) is 8.31. The maximum absolute atomic E-state index is 5.99. The Hall–Kier alpha value is -0.970. The van der Waals surface area contributed by atoms with Crippen LogP contribution in [0.25, 0.3) is 0 Å². The van der Waals surface area contributed by atoms with Gasteiger partial charge in [0.1, 0.15) is 5.82 Å². The predicted molar refractivity (Wildman–Crippen MR) is 85.1 cm³/mol.